The third kappa shape index (κ3) is 10.5. The maximum Gasteiger partial charge on any atom is 0.410 e. The Bertz CT molecular complexity index is 931. The van der Waals surface area contributed by atoms with Gasteiger partial charge in [-0.15, -0.1) is 0 Å². The van der Waals surface area contributed by atoms with E-state index >= 15 is 0 Å². The van der Waals surface area contributed by atoms with Gasteiger partial charge in [0, 0.05) is 31.6 Å². The second-order valence-electron chi connectivity index (χ2n) is 8.98. The van der Waals surface area contributed by atoms with Gasteiger partial charge in [0.25, 0.3) is 0 Å². The summed E-state index contributed by atoms with van der Waals surface area (Å²) in [6.07, 6.45) is 4.35. The van der Waals surface area contributed by atoms with Gasteiger partial charge in [-0.25, -0.2) is 4.79 Å². The van der Waals surface area contributed by atoms with Crippen molar-refractivity contribution < 1.29 is 19.1 Å². The normalized spacial score (nSPS) is 12.4. The van der Waals surface area contributed by atoms with Gasteiger partial charge in [-0.3, -0.25) is 4.79 Å². The summed E-state index contributed by atoms with van der Waals surface area (Å²) in [6, 6.07) is 19.4. The minimum absolute atomic E-state index is 0.0517. The predicted molar refractivity (Wildman–Crippen MR) is 152 cm³/mol. The quantitative estimate of drug-likeness (QED) is 0.202. The molecule has 2 aromatic rings. The van der Waals surface area contributed by atoms with Crippen molar-refractivity contribution in [3.05, 3.63) is 97.1 Å². The Morgan fingerprint density at radius 3 is 2.00 bits per heavy atom. The first kappa shape index (κ1) is 30.8. The molecule has 0 aliphatic rings. The van der Waals surface area contributed by atoms with Gasteiger partial charge < -0.3 is 31.2 Å². The zero-order valence-corrected chi connectivity index (χ0v) is 22.2. The zero-order chi connectivity index (χ0) is 27.6. The van der Waals surface area contributed by atoms with Crippen LogP contribution in [0.25, 0.3) is 0 Å². The number of nitrogens with zero attached hydrogens (tertiary/aromatic N) is 1. The number of esters is 1. The Morgan fingerprint density at radius 1 is 0.895 bits per heavy atom. The summed E-state index contributed by atoms with van der Waals surface area (Å²) >= 11 is 0. The van der Waals surface area contributed by atoms with Crippen LogP contribution in [-0.4, -0.2) is 68.4 Å². The van der Waals surface area contributed by atoms with Gasteiger partial charge in [-0.1, -0.05) is 86.0 Å². The SMILES string of the molecule is C=CCOC(=O)[C@@H](CCCN)NC(CN)CCN(CC(c1ccccc1)c1ccccc1)C(=O)OCC=C. The van der Waals surface area contributed by atoms with E-state index in [4.69, 9.17) is 20.9 Å². The van der Waals surface area contributed by atoms with Gasteiger partial charge in [0.2, 0.25) is 0 Å². The molecule has 206 valence electrons. The number of rotatable bonds is 18. The third-order valence-electron chi connectivity index (χ3n) is 6.18. The molecule has 38 heavy (non-hydrogen) atoms. The van der Waals surface area contributed by atoms with Crippen molar-refractivity contribution in [2.24, 2.45) is 11.5 Å². The molecule has 0 aromatic heterocycles. The fourth-order valence-electron chi connectivity index (χ4n) is 4.17. The van der Waals surface area contributed by atoms with Crippen LogP contribution in [0, 0.1) is 0 Å². The van der Waals surface area contributed by atoms with Gasteiger partial charge in [0.1, 0.15) is 19.3 Å². The number of ether oxygens (including phenoxy) is 2. The van der Waals surface area contributed by atoms with Crippen LogP contribution in [0.4, 0.5) is 4.79 Å². The predicted octanol–water partition coefficient (Wildman–Crippen LogP) is 3.59. The molecule has 0 saturated heterocycles. The first-order valence-corrected chi connectivity index (χ1v) is 13.1. The number of nitrogens with one attached hydrogen (secondary N) is 1. The maximum absolute atomic E-state index is 13.1. The summed E-state index contributed by atoms with van der Waals surface area (Å²) in [5, 5.41) is 3.32. The summed E-state index contributed by atoms with van der Waals surface area (Å²) in [7, 11) is 0. The van der Waals surface area contributed by atoms with Gasteiger partial charge in [0.05, 0.1) is 0 Å². The van der Waals surface area contributed by atoms with Gasteiger partial charge in [-0.05, 0) is 36.9 Å². The molecule has 0 fully saturated rings. The molecule has 5 N–H and O–H groups in total. The van der Waals surface area contributed by atoms with Crippen LogP contribution in [0.1, 0.15) is 36.3 Å². The molecule has 1 unspecified atom stereocenters. The molecule has 2 aromatic carbocycles. The van der Waals surface area contributed by atoms with Crippen molar-refractivity contribution in [1.29, 1.82) is 0 Å². The van der Waals surface area contributed by atoms with Gasteiger partial charge >= 0.3 is 12.1 Å². The molecule has 0 spiro atoms. The standard InChI is InChI=1S/C30H42N4O4/c1-3-20-37-29(35)28(16-11-18-31)33-26(22-32)17-19-34(30(36)38-21-4-2)23-27(24-12-7-5-8-13-24)25-14-9-6-10-15-25/h3-10,12-15,26-28,33H,1-2,11,16-23,31-32H2/t26?,28-/m1/s1. The number of hydrogen-bond acceptors (Lipinski definition) is 7. The van der Waals surface area contributed by atoms with Crippen molar-refractivity contribution in [3.63, 3.8) is 0 Å². The van der Waals surface area contributed by atoms with E-state index in [1.807, 2.05) is 36.4 Å². The summed E-state index contributed by atoms with van der Waals surface area (Å²) in [6.45, 7) is 9.03. The largest absolute Gasteiger partial charge is 0.460 e. The van der Waals surface area contributed by atoms with Crippen LogP contribution < -0.4 is 16.8 Å². The van der Waals surface area contributed by atoms with Crippen molar-refractivity contribution in [1.82, 2.24) is 10.2 Å². The second-order valence-corrected chi connectivity index (χ2v) is 8.98. The van der Waals surface area contributed by atoms with E-state index < -0.39 is 12.1 Å². The lowest BCUT2D eigenvalue weighted by molar-refractivity contribution is -0.145. The Kier molecular flexibility index (Phi) is 14.5. The molecule has 8 heteroatoms. The lowest BCUT2D eigenvalue weighted by Crippen LogP contribution is -2.49. The van der Waals surface area contributed by atoms with E-state index in [0.717, 1.165) is 11.1 Å². The molecule has 8 nitrogen and oxygen atoms in total. The highest BCUT2D eigenvalue weighted by atomic mass is 16.6. The minimum Gasteiger partial charge on any atom is -0.460 e. The van der Waals surface area contributed by atoms with E-state index in [0.29, 0.717) is 38.9 Å². The Hall–Kier alpha value is -3.46. The topological polar surface area (TPSA) is 120 Å². The second kappa shape index (κ2) is 17.9. The van der Waals surface area contributed by atoms with Gasteiger partial charge in [-0.2, -0.15) is 0 Å². The molecule has 2 atom stereocenters. The smallest absolute Gasteiger partial charge is 0.410 e. The highest BCUT2D eigenvalue weighted by molar-refractivity contribution is 5.75. The molecule has 2 rings (SSSR count). The maximum atomic E-state index is 13.1. The van der Waals surface area contributed by atoms with Crippen molar-refractivity contribution in [2.45, 2.75) is 37.3 Å². The van der Waals surface area contributed by atoms with Crippen LogP contribution in [-0.2, 0) is 14.3 Å². The number of benzene rings is 2. The Balaban J connectivity index is 2.20. The minimum atomic E-state index is -0.547. The molecule has 0 radical (unpaired) electrons. The van der Waals surface area contributed by atoms with E-state index in [9.17, 15) is 9.59 Å². The average molecular weight is 523 g/mol. The van der Waals surface area contributed by atoms with Crippen LogP contribution >= 0.6 is 0 Å². The number of carbonyl (C=O) groups excluding carboxylic acids is 2. The molecule has 0 aliphatic carbocycles. The summed E-state index contributed by atoms with van der Waals surface area (Å²) < 4.78 is 10.7. The highest BCUT2D eigenvalue weighted by Crippen LogP contribution is 2.26. The number of amides is 1. The van der Waals surface area contributed by atoms with E-state index in [1.54, 1.807) is 11.0 Å². The fraction of sp³-hybridized carbons (Fsp3) is 0.400. The number of carbonyl (C=O) groups is 2. The van der Waals surface area contributed by atoms with E-state index in [2.05, 4.69) is 42.7 Å². The molecule has 0 bridgehead atoms. The zero-order valence-electron chi connectivity index (χ0n) is 22.2. The van der Waals surface area contributed by atoms with Crippen LogP contribution in [0.15, 0.2) is 86.0 Å². The van der Waals surface area contributed by atoms with Crippen LogP contribution in [0.3, 0.4) is 0 Å². The first-order chi connectivity index (χ1) is 18.5. The first-order valence-electron chi connectivity index (χ1n) is 13.1. The average Bonchev–Trinajstić information content (AvgIpc) is 2.96. The summed E-state index contributed by atoms with van der Waals surface area (Å²) in [5.41, 5.74) is 13.9. The fourth-order valence-corrected chi connectivity index (χ4v) is 4.17. The number of nitrogens with two attached hydrogens (primary N) is 2. The van der Waals surface area contributed by atoms with Crippen LogP contribution in [0.2, 0.25) is 0 Å². The monoisotopic (exact) mass is 522 g/mol. The molecule has 0 aliphatic heterocycles. The Labute approximate surface area is 226 Å². The summed E-state index contributed by atoms with van der Waals surface area (Å²) in [4.78, 5) is 27.4. The molecular formula is C30H42N4O4. The third-order valence-corrected chi connectivity index (χ3v) is 6.18. The lowest BCUT2D eigenvalue weighted by atomic mass is 9.91. The summed E-state index contributed by atoms with van der Waals surface area (Å²) in [5.74, 6) is -0.420. The lowest BCUT2D eigenvalue weighted by Gasteiger charge is -2.30. The van der Waals surface area contributed by atoms with Crippen molar-refractivity contribution in [2.75, 3.05) is 39.4 Å². The van der Waals surface area contributed by atoms with Crippen molar-refractivity contribution >= 4 is 12.1 Å². The molecule has 0 saturated carbocycles. The van der Waals surface area contributed by atoms with Crippen LogP contribution in [0.5, 0.6) is 0 Å². The molecule has 1 amide bonds. The van der Waals surface area contributed by atoms with Gasteiger partial charge in [0.15, 0.2) is 0 Å². The van der Waals surface area contributed by atoms with Crippen molar-refractivity contribution in [3.8, 4) is 0 Å². The Morgan fingerprint density at radius 2 is 1.47 bits per heavy atom. The highest BCUT2D eigenvalue weighted by Gasteiger charge is 2.26. The van der Waals surface area contributed by atoms with E-state index in [-0.39, 0.29) is 37.7 Å². The van der Waals surface area contributed by atoms with E-state index in [1.165, 1.54) is 6.08 Å². The number of hydrogen-bond donors (Lipinski definition) is 3. The molecule has 0 heterocycles. The molecular weight excluding hydrogens is 480 g/mol.